The molecule has 2 N–H and O–H groups in total. The lowest BCUT2D eigenvalue weighted by Crippen LogP contribution is -1.80. The fourth-order valence-corrected chi connectivity index (χ4v) is 1.16. The van der Waals surface area contributed by atoms with Crippen molar-refractivity contribution in [2.75, 3.05) is 0 Å². The van der Waals surface area contributed by atoms with Crippen LogP contribution in [0.25, 0.3) is 10.9 Å². The summed E-state index contributed by atoms with van der Waals surface area (Å²) in [6.07, 6.45) is 1.60. The van der Waals surface area contributed by atoms with E-state index in [0.717, 1.165) is 0 Å². The zero-order valence-electron chi connectivity index (χ0n) is 6.28. The molecule has 59 valence electrons. The molecule has 0 bridgehead atoms. The van der Waals surface area contributed by atoms with Gasteiger partial charge >= 0.3 is 0 Å². The summed E-state index contributed by atoms with van der Waals surface area (Å²) in [6.45, 7) is 0. The first-order chi connectivity index (χ1) is 5.79. The lowest BCUT2D eigenvalue weighted by Gasteiger charge is -2.00. The van der Waals surface area contributed by atoms with E-state index in [1.807, 2.05) is 0 Å². The molecule has 3 nitrogen and oxygen atoms in total. The maximum atomic E-state index is 9.35. The quantitative estimate of drug-likeness (QED) is 0.596. The lowest BCUT2D eigenvalue weighted by molar-refractivity contribution is 0.480. The molecule has 2 rings (SSSR count). The predicted octanol–water partition coefficient (Wildman–Crippen LogP) is 1.85. The summed E-state index contributed by atoms with van der Waals surface area (Å²) in [6, 6.07) is 6.56. The van der Waals surface area contributed by atoms with Crippen LogP contribution in [0.1, 0.15) is 0 Å². The van der Waals surface area contributed by atoms with Crippen molar-refractivity contribution >= 4 is 16.6 Å². The molecule has 3 heteroatoms. The Kier molecular flexibility index (Phi) is 1.37. The summed E-state index contributed by atoms with van der Waals surface area (Å²) in [4.78, 5) is 3.97. The Morgan fingerprint density at radius 3 is 2.83 bits per heavy atom. The van der Waals surface area contributed by atoms with Crippen LogP contribution in [0.15, 0.2) is 30.5 Å². The second-order valence-corrected chi connectivity index (χ2v) is 2.53. The number of aromatic hydroxyl groups is 1. The van der Waals surface area contributed by atoms with Gasteiger partial charge in [0.2, 0.25) is 0 Å². The number of nitrogens with one attached hydrogen (secondary N) is 1. The number of hydrogen-bond acceptors (Lipinski definition) is 2. The molecule has 0 saturated carbocycles. The number of nitrogens with zero attached hydrogens (tertiary/aromatic N) is 1. The van der Waals surface area contributed by atoms with E-state index in [2.05, 4.69) is 4.98 Å². The van der Waals surface area contributed by atoms with E-state index < -0.39 is 0 Å². The number of hydrogen-bond donors (Lipinski definition) is 1. The summed E-state index contributed by atoms with van der Waals surface area (Å²) in [5.74, 6) is 0.126. The summed E-state index contributed by atoms with van der Waals surface area (Å²) in [5, 5.41) is 10.0. The topological polar surface area (TPSA) is 56.9 Å². The van der Waals surface area contributed by atoms with E-state index in [-0.39, 0.29) is 5.75 Å². The molecule has 0 spiro atoms. The van der Waals surface area contributed by atoms with Crippen LogP contribution in [0.3, 0.4) is 0 Å². The van der Waals surface area contributed by atoms with E-state index in [9.17, 15) is 5.11 Å². The third kappa shape index (κ3) is 0.871. The third-order valence-electron chi connectivity index (χ3n) is 1.75. The summed E-state index contributed by atoms with van der Waals surface area (Å²) >= 11 is 0. The SMILES string of the molecule is [NH]c1ccc(O)c2ncccc12. The summed E-state index contributed by atoms with van der Waals surface area (Å²) < 4.78 is 0. The molecule has 0 aliphatic heterocycles. The van der Waals surface area contributed by atoms with Crippen molar-refractivity contribution in [1.29, 1.82) is 0 Å². The van der Waals surface area contributed by atoms with Crippen LogP contribution in [0.5, 0.6) is 5.75 Å². The average Bonchev–Trinajstić information content (AvgIpc) is 2.12. The number of aromatic nitrogens is 1. The maximum Gasteiger partial charge on any atom is 0.141 e. The molecule has 0 saturated heterocycles. The van der Waals surface area contributed by atoms with Crippen molar-refractivity contribution in [3.05, 3.63) is 30.5 Å². The summed E-state index contributed by atoms with van der Waals surface area (Å²) in [7, 11) is 0. The van der Waals surface area contributed by atoms with Gasteiger partial charge in [0, 0.05) is 11.6 Å². The molecular formula is C9H7N2O. The highest BCUT2D eigenvalue weighted by Gasteiger charge is 2.02. The van der Waals surface area contributed by atoms with Gasteiger partial charge in [0.15, 0.2) is 0 Å². The molecule has 1 aromatic heterocycles. The largest absolute Gasteiger partial charge is 0.506 e. The van der Waals surface area contributed by atoms with E-state index in [4.69, 9.17) is 5.73 Å². The molecule has 0 amide bonds. The number of rotatable bonds is 0. The number of phenols is 1. The van der Waals surface area contributed by atoms with Gasteiger partial charge in [-0.1, -0.05) is 0 Å². The minimum atomic E-state index is 0.126. The van der Waals surface area contributed by atoms with Gasteiger partial charge < -0.3 is 10.8 Å². The number of fused-ring (bicyclic) bond motifs is 1. The van der Waals surface area contributed by atoms with Crippen molar-refractivity contribution in [2.45, 2.75) is 0 Å². The fourth-order valence-electron chi connectivity index (χ4n) is 1.16. The van der Waals surface area contributed by atoms with Gasteiger partial charge in [-0.05, 0) is 24.3 Å². The minimum absolute atomic E-state index is 0.126. The molecule has 1 heterocycles. The van der Waals surface area contributed by atoms with Crippen LogP contribution in [-0.4, -0.2) is 10.1 Å². The molecule has 0 aliphatic carbocycles. The predicted molar refractivity (Wildman–Crippen MR) is 46.2 cm³/mol. The highest BCUT2D eigenvalue weighted by atomic mass is 16.3. The van der Waals surface area contributed by atoms with E-state index in [1.54, 1.807) is 24.4 Å². The molecule has 0 aliphatic rings. The van der Waals surface area contributed by atoms with Gasteiger partial charge in [-0.2, -0.15) is 0 Å². The highest BCUT2D eigenvalue weighted by Crippen LogP contribution is 2.27. The Hall–Kier alpha value is -1.77. The monoisotopic (exact) mass is 159 g/mol. The van der Waals surface area contributed by atoms with Crippen LogP contribution in [0.2, 0.25) is 0 Å². The van der Waals surface area contributed by atoms with Gasteiger partial charge in [-0.25, -0.2) is 0 Å². The minimum Gasteiger partial charge on any atom is -0.506 e. The first kappa shape index (κ1) is 6.91. The van der Waals surface area contributed by atoms with Crippen LogP contribution >= 0.6 is 0 Å². The van der Waals surface area contributed by atoms with Gasteiger partial charge in [0.05, 0.1) is 5.69 Å². The van der Waals surface area contributed by atoms with Crippen molar-refractivity contribution in [3.8, 4) is 5.75 Å². The smallest absolute Gasteiger partial charge is 0.141 e. The van der Waals surface area contributed by atoms with Gasteiger partial charge in [0.25, 0.3) is 0 Å². The third-order valence-corrected chi connectivity index (χ3v) is 1.75. The van der Waals surface area contributed by atoms with E-state index >= 15 is 0 Å². The van der Waals surface area contributed by atoms with Crippen LogP contribution in [0, 0.1) is 0 Å². The Labute approximate surface area is 69.5 Å². The van der Waals surface area contributed by atoms with Crippen molar-refractivity contribution in [1.82, 2.24) is 10.7 Å². The maximum absolute atomic E-state index is 9.35. The second kappa shape index (κ2) is 2.37. The van der Waals surface area contributed by atoms with Crippen molar-refractivity contribution in [3.63, 3.8) is 0 Å². The van der Waals surface area contributed by atoms with E-state index in [0.29, 0.717) is 16.6 Å². The van der Waals surface area contributed by atoms with Gasteiger partial charge in [0.1, 0.15) is 11.3 Å². The standard InChI is InChI=1S/C9H7N2O/c10-7-3-4-8(12)9-6(7)2-1-5-11-9/h1-5,10,12H. The first-order valence-electron chi connectivity index (χ1n) is 3.57. The van der Waals surface area contributed by atoms with E-state index in [1.165, 1.54) is 6.07 Å². The van der Waals surface area contributed by atoms with Crippen molar-refractivity contribution in [2.24, 2.45) is 0 Å². The molecule has 2 aromatic rings. The van der Waals surface area contributed by atoms with Crippen LogP contribution in [0.4, 0.5) is 5.69 Å². The van der Waals surface area contributed by atoms with Gasteiger partial charge in [-0.15, -0.1) is 0 Å². The average molecular weight is 159 g/mol. The zero-order valence-corrected chi connectivity index (χ0v) is 6.28. The number of benzene rings is 1. The Balaban J connectivity index is 2.95. The highest BCUT2D eigenvalue weighted by molar-refractivity contribution is 5.92. The Morgan fingerprint density at radius 2 is 2.08 bits per heavy atom. The molecule has 0 fully saturated rings. The molecule has 1 aromatic carbocycles. The van der Waals surface area contributed by atoms with Crippen molar-refractivity contribution < 1.29 is 5.11 Å². The summed E-state index contributed by atoms with van der Waals surface area (Å²) in [5.41, 5.74) is 8.39. The van der Waals surface area contributed by atoms with Gasteiger partial charge in [-0.3, -0.25) is 4.98 Å². The molecule has 0 atom stereocenters. The molecule has 0 unspecified atom stereocenters. The first-order valence-corrected chi connectivity index (χ1v) is 3.57. The fraction of sp³-hybridized carbons (Fsp3) is 0. The lowest BCUT2D eigenvalue weighted by atomic mass is 10.2. The molecule has 1 radical (unpaired) electrons. The number of pyridine rings is 1. The number of phenolic OH excluding ortho intramolecular Hbond substituents is 1. The molecular weight excluding hydrogens is 152 g/mol. The Morgan fingerprint density at radius 1 is 1.25 bits per heavy atom. The zero-order chi connectivity index (χ0) is 8.55. The Bertz CT molecular complexity index is 385. The normalized spacial score (nSPS) is 10.3. The van der Waals surface area contributed by atoms with Crippen LogP contribution in [-0.2, 0) is 0 Å². The second-order valence-electron chi connectivity index (χ2n) is 2.53. The molecule has 12 heavy (non-hydrogen) atoms. The van der Waals surface area contributed by atoms with Crippen LogP contribution < -0.4 is 5.73 Å².